The molecule has 19 heavy (non-hydrogen) atoms. The lowest BCUT2D eigenvalue weighted by Crippen LogP contribution is -2.37. The van der Waals surface area contributed by atoms with Crippen LogP contribution in [0.25, 0.3) is 0 Å². The van der Waals surface area contributed by atoms with Crippen LogP contribution in [0.3, 0.4) is 0 Å². The SMILES string of the molecule is N#Cc1cnc(C2(c3ccccc3)CCC2)nc1N. The number of benzene rings is 1. The summed E-state index contributed by atoms with van der Waals surface area (Å²) in [4.78, 5) is 8.73. The van der Waals surface area contributed by atoms with Crippen LogP contribution in [-0.2, 0) is 5.41 Å². The molecule has 0 atom stereocenters. The number of nitrogen functional groups attached to an aromatic ring is 1. The van der Waals surface area contributed by atoms with Crippen LogP contribution in [0.1, 0.15) is 36.2 Å². The zero-order valence-electron chi connectivity index (χ0n) is 10.5. The van der Waals surface area contributed by atoms with Gasteiger partial charge in [0.1, 0.15) is 23.3 Å². The second-order valence-corrected chi connectivity index (χ2v) is 4.91. The lowest BCUT2D eigenvalue weighted by molar-refractivity contribution is 0.285. The number of aromatic nitrogens is 2. The maximum atomic E-state index is 8.89. The van der Waals surface area contributed by atoms with Gasteiger partial charge in [0.05, 0.1) is 11.6 Å². The van der Waals surface area contributed by atoms with Gasteiger partial charge in [0.25, 0.3) is 0 Å². The average Bonchev–Trinajstić information content (AvgIpc) is 2.39. The number of rotatable bonds is 2. The number of hydrogen-bond donors (Lipinski definition) is 1. The van der Waals surface area contributed by atoms with E-state index in [-0.39, 0.29) is 11.2 Å². The normalized spacial score (nSPS) is 16.4. The molecule has 94 valence electrons. The van der Waals surface area contributed by atoms with E-state index in [1.807, 2.05) is 24.3 Å². The quantitative estimate of drug-likeness (QED) is 0.888. The second kappa shape index (κ2) is 4.36. The Labute approximate surface area is 111 Å². The first-order chi connectivity index (χ1) is 9.26. The summed E-state index contributed by atoms with van der Waals surface area (Å²) in [6, 6.07) is 12.3. The van der Waals surface area contributed by atoms with E-state index < -0.39 is 0 Å². The molecule has 3 rings (SSSR count). The lowest BCUT2D eigenvalue weighted by atomic mass is 9.64. The summed E-state index contributed by atoms with van der Waals surface area (Å²) in [6.45, 7) is 0. The summed E-state index contributed by atoms with van der Waals surface area (Å²) in [7, 11) is 0. The van der Waals surface area contributed by atoms with E-state index in [1.165, 1.54) is 11.8 Å². The third-order valence-corrected chi connectivity index (χ3v) is 3.90. The maximum Gasteiger partial charge on any atom is 0.145 e. The molecule has 0 radical (unpaired) electrons. The van der Waals surface area contributed by atoms with Crippen LogP contribution in [-0.4, -0.2) is 9.97 Å². The van der Waals surface area contributed by atoms with Crippen molar-refractivity contribution >= 4 is 5.82 Å². The van der Waals surface area contributed by atoms with Crippen LogP contribution in [0.15, 0.2) is 36.5 Å². The van der Waals surface area contributed by atoms with Crippen LogP contribution in [0.2, 0.25) is 0 Å². The van der Waals surface area contributed by atoms with Gasteiger partial charge in [-0.25, -0.2) is 9.97 Å². The number of hydrogen-bond acceptors (Lipinski definition) is 4. The van der Waals surface area contributed by atoms with Crippen molar-refractivity contribution < 1.29 is 0 Å². The van der Waals surface area contributed by atoms with Gasteiger partial charge in [0, 0.05) is 0 Å². The third-order valence-electron chi connectivity index (χ3n) is 3.90. The molecule has 0 aliphatic heterocycles. The first kappa shape index (κ1) is 11.7. The largest absolute Gasteiger partial charge is 0.382 e. The minimum atomic E-state index is -0.122. The minimum absolute atomic E-state index is 0.122. The highest BCUT2D eigenvalue weighted by Gasteiger charge is 2.43. The van der Waals surface area contributed by atoms with Crippen LogP contribution < -0.4 is 5.73 Å². The van der Waals surface area contributed by atoms with Crippen LogP contribution >= 0.6 is 0 Å². The third kappa shape index (κ3) is 1.75. The van der Waals surface area contributed by atoms with E-state index in [4.69, 9.17) is 11.0 Å². The molecule has 1 aliphatic carbocycles. The molecule has 1 aromatic carbocycles. The fourth-order valence-corrected chi connectivity index (χ4v) is 2.64. The molecule has 1 aromatic heterocycles. The highest BCUT2D eigenvalue weighted by Crippen LogP contribution is 2.47. The molecule has 1 fully saturated rings. The van der Waals surface area contributed by atoms with E-state index in [0.717, 1.165) is 25.1 Å². The summed E-state index contributed by atoms with van der Waals surface area (Å²) in [5.74, 6) is 1.01. The van der Waals surface area contributed by atoms with Gasteiger partial charge < -0.3 is 5.73 Å². The standard InChI is InChI=1S/C15H14N4/c16-9-11-10-18-14(19-13(11)17)15(7-4-8-15)12-5-2-1-3-6-12/h1-3,5-6,10H,4,7-8H2,(H2,17,18,19). The molecule has 0 unspecified atom stereocenters. The molecule has 4 heteroatoms. The van der Waals surface area contributed by atoms with Gasteiger partial charge in [0.15, 0.2) is 0 Å². The Balaban J connectivity index is 2.09. The van der Waals surface area contributed by atoms with E-state index in [1.54, 1.807) is 0 Å². The minimum Gasteiger partial charge on any atom is -0.382 e. The Hall–Kier alpha value is -2.41. The van der Waals surface area contributed by atoms with Crippen molar-refractivity contribution in [3.05, 3.63) is 53.5 Å². The molecule has 4 nitrogen and oxygen atoms in total. The molecule has 1 heterocycles. The summed E-state index contributed by atoms with van der Waals surface area (Å²) in [5.41, 5.74) is 7.26. The average molecular weight is 250 g/mol. The van der Waals surface area contributed by atoms with Gasteiger partial charge >= 0.3 is 0 Å². The Morgan fingerprint density at radius 3 is 2.47 bits per heavy atom. The molecular weight excluding hydrogens is 236 g/mol. The number of anilines is 1. The molecule has 0 bridgehead atoms. The first-order valence-electron chi connectivity index (χ1n) is 6.35. The number of nitrogens with zero attached hydrogens (tertiary/aromatic N) is 3. The molecule has 1 saturated carbocycles. The monoisotopic (exact) mass is 250 g/mol. The van der Waals surface area contributed by atoms with E-state index in [9.17, 15) is 0 Å². The van der Waals surface area contributed by atoms with Crippen molar-refractivity contribution in [2.75, 3.05) is 5.73 Å². The predicted octanol–water partition coefficient (Wildman–Crippen LogP) is 2.40. The molecule has 0 spiro atoms. The van der Waals surface area contributed by atoms with Gasteiger partial charge in [-0.05, 0) is 18.4 Å². The topological polar surface area (TPSA) is 75.6 Å². The van der Waals surface area contributed by atoms with Crippen LogP contribution in [0.5, 0.6) is 0 Å². The zero-order valence-corrected chi connectivity index (χ0v) is 10.5. The van der Waals surface area contributed by atoms with Crippen LogP contribution in [0.4, 0.5) is 5.82 Å². The van der Waals surface area contributed by atoms with Crippen molar-refractivity contribution in [2.45, 2.75) is 24.7 Å². The lowest BCUT2D eigenvalue weighted by Gasteiger charge is -2.41. The highest BCUT2D eigenvalue weighted by atomic mass is 15.0. The Kier molecular flexibility index (Phi) is 2.68. The molecular formula is C15H14N4. The van der Waals surface area contributed by atoms with Gasteiger partial charge in [-0.3, -0.25) is 0 Å². The van der Waals surface area contributed by atoms with Gasteiger partial charge in [-0.1, -0.05) is 36.8 Å². The summed E-state index contributed by atoms with van der Waals surface area (Å²) in [6.07, 6.45) is 4.75. The predicted molar refractivity (Wildman–Crippen MR) is 72.2 cm³/mol. The van der Waals surface area contributed by atoms with E-state index in [2.05, 4.69) is 22.1 Å². The molecule has 2 N–H and O–H groups in total. The molecule has 1 aliphatic rings. The number of nitrogens with two attached hydrogens (primary N) is 1. The Morgan fingerprint density at radius 2 is 1.95 bits per heavy atom. The van der Waals surface area contributed by atoms with Gasteiger partial charge in [-0.2, -0.15) is 5.26 Å². The summed E-state index contributed by atoms with van der Waals surface area (Å²) in [5, 5.41) is 8.89. The van der Waals surface area contributed by atoms with E-state index >= 15 is 0 Å². The first-order valence-corrected chi connectivity index (χ1v) is 6.35. The van der Waals surface area contributed by atoms with Crippen molar-refractivity contribution in [3.8, 4) is 6.07 Å². The molecule has 2 aromatic rings. The Bertz CT molecular complexity index is 639. The van der Waals surface area contributed by atoms with Crippen LogP contribution in [0, 0.1) is 11.3 Å². The fourth-order valence-electron chi connectivity index (χ4n) is 2.64. The van der Waals surface area contributed by atoms with Gasteiger partial charge in [0.2, 0.25) is 0 Å². The summed E-state index contributed by atoms with van der Waals surface area (Å²) >= 11 is 0. The summed E-state index contributed by atoms with van der Waals surface area (Å²) < 4.78 is 0. The second-order valence-electron chi connectivity index (χ2n) is 4.91. The molecule has 0 saturated heterocycles. The fraction of sp³-hybridized carbons (Fsp3) is 0.267. The highest BCUT2D eigenvalue weighted by molar-refractivity contribution is 5.48. The smallest absolute Gasteiger partial charge is 0.145 e. The van der Waals surface area contributed by atoms with Crippen molar-refractivity contribution in [1.82, 2.24) is 9.97 Å². The van der Waals surface area contributed by atoms with E-state index in [0.29, 0.717) is 5.56 Å². The molecule has 0 amide bonds. The Morgan fingerprint density at radius 1 is 1.21 bits per heavy atom. The van der Waals surface area contributed by atoms with Crippen molar-refractivity contribution in [2.24, 2.45) is 0 Å². The zero-order chi connectivity index (χ0) is 13.3. The maximum absolute atomic E-state index is 8.89. The number of nitriles is 1. The van der Waals surface area contributed by atoms with Crippen molar-refractivity contribution in [3.63, 3.8) is 0 Å². The van der Waals surface area contributed by atoms with Gasteiger partial charge in [-0.15, -0.1) is 0 Å². The van der Waals surface area contributed by atoms with Crippen molar-refractivity contribution in [1.29, 1.82) is 5.26 Å².